The summed E-state index contributed by atoms with van der Waals surface area (Å²) in [5.41, 5.74) is 2.12. The molecule has 0 aliphatic heterocycles. The number of carbonyl (C=O) groups is 2. The van der Waals surface area contributed by atoms with Gasteiger partial charge in [-0.05, 0) is 74.2 Å². The number of carbonyl (C=O) groups excluding carboxylic acids is 2. The molecule has 1 fully saturated rings. The average Bonchev–Trinajstić information content (AvgIpc) is 2.90. The highest BCUT2D eigenvalue weighted by molar-refractivity contribution is 6.10. The van der Waals surface area contributed by atoms with Crippen LogP contribution >= 0.6 is 0 Å². The maximum atomic E-state index is 14.2. The summed E-state index contributed by atoms with van der Waals surface area (Å²) in [4.78, 5) is 38.7. The highest BCUT2D eigenvalue weighted by atomic mass is 19.1. The van der Waals surface area contributed by atoms with Gasteiger partial charge in [0.25, 0.3) is 11.5 Å². The van der Waals surface area contributed by atoms with Gasteiger partial charge in [-0.25, -0.2) is 4.39 Å². The Labute approximate surface area is 214 Å². The fourth-order valence-electron chi connectivity index (χ4n) is 4.56. The number of benzene rings is 2. The van der Waals surface area contributed by atoms with Crippen molar-refractivity contribution in [3.8, 4) is 11.8 Å². The minimum absolute atomic E-state index is 0.0237. The van der Waals surface area contributed by atoms with Gasteiger partial charge in [0.15, 0.2) is 12.4 Å². The van der Waals surface area contributed by atoms with Crippen molar-refractivity contribution < 1.29 is 18.7 Å². The van der Waals surface area contributed by atoms with Crippen molar-refractivity contribution in [1.29, 1.82) is 5.26 Å². The van der Waals surface area contributed by atoms with E-state index in [1.165, 1.54) is 22.9 Å². The molecule has 7 nitrogen and oxygen atoms in total. The number of nitriles is 1. The lowest BCUT2D eigenvalue weighted by Gasteiger charge is -2.24. The molecule has 8 heteroatoms. The van der Waals surface area contributed by atoms with Crippen molar-refractivity contribution in [3.63, 3.8) is 0 Å². The van der Waals surface area contributed by atoms with Crippen LogP contribution in [0.4, 0.5) is 10.1 Å². The van der Waals surface area contributed by atoms with Gasteiger partial charge in [0.2, 0.25) is 0 Å². The van der Waals surface area contributed by atoms with Gasteiger partial charge in [0.05, 0.1) is 5.56 Å². The third-order valence-corrected chi connectivity index (χ3v) is 6.73. The molecule has 0 saturated heterocycles. The van der Waals surface area contributed by atoms with Gasteiger partial charge < -0.3 is 14.6 Å². The lowest BCUT2D eigenvalue weighted by atomic mass is 9.94. The normalized spacial score (nSPS) is 13.6. The molecule has 0 radical (unpaired) electrons. The molecule has 1 amide bonds. The van der Waals surface area contributed by atoms with Gasteiger partial charge in [0.1, 0.15) is 23.2 Å². The second kappa shape index (κ2) is 11.2. The van der Waals surface area contributed by atoms with E-state index in [9.17, 15) is 24.0 Å². The zero-order valence-electron chi connectivity index (χ0n) is 20.8. The summed E-state index contributed by atoms with van der Waals surface area (Å²) in [6.45, 7) is 3.51. The Morgan fingerprint density at radius 3 is 2.54 bits per heavy atom. The lowest BCUT2D eigenvalue weighted by molar-refractivity contribution is -0.118. The Bertz CT molecular complexity index is 1450. The summed E-state index contributed by atoms with van der Waals surface area (Å²) in [6.07, 6.45) is 6.02. The Morgan fingerprint density at radius 2 is 1.84 bits per heavy atom. The first-order valence-corrected chi connectivity index (χ1v) is 12.3. The topological polar surface area (TPSA) is 101 Å². The Hall–Kier alpha value is -4.25. The number of halogens is 1. The number of pyridine rings is 1. The highest BCUT2D eigenvalue weighted by Gasteiger charge is 2.23. The van der Waals surface area contributed by atoms with E-state index >= 15 is 0 Å². The Balaban J connectivity index is 1.58. The predicted molar refractivity (Wildman–Crippen MR) is 137 cm³/mol. The number of hydrogen-bond donors (Lipinski definition) is 1. The van der Waals surface area contributed by atoms with Gasteiger partial charge in [0, 0.05) is 23.5 Å². The highest BCUT2D eigenvalue weighted by Crippen LogP contribution is 2.28. The van der Waals surface area contributed by atoms with Gasteiger partial charge in [-0.15, -0.1) is 0 Å². The van der Waals surface area contributed by atoms with Gasteiger partial charge in [-0.1, -0.05) is 25.3 Å². The number of nitrogens with zero attached hydrogens (tertiary/aromatic N) is 2. The van der Waals surface area contributed by atoms with Gasteiger partial charge in [-0.2, -0.15) is 5.26 Å². The standard InChI is InChI=1S/C29H28FN3O4/c1-18-8-10-23(12-19(18)2)32-27(34)17-37-26-11-9-22(30)14-25(26)28(35)21-13-20(15-31)29(36)33(16-21)24-6-4-3-5-7-24/h8-14,16,24H,3-7,17H2,1-2H3,(H,32,34). The maximum absolute atomic E-state index is 14.2. The number of aromatic nitrogens is 1. The molecular formula is C29H28FN3O4. The quantitative estimate of drug-likeness (QED) is 0.447. The zero-order valence-corrected chi connectivity index (χ0v) is 20.8. The molecule has 190 valence electrons. The molecule has 0 spiro atoms. The third-order valence-electron chi connectivity index (χ3n) is 6.73. The number of ether oxygens (including phenoxy) is 1. The van der Waals surface area contributed by atoms with Crippen molar-refractivity contribution in [2.45, 2.75) is 52.0 Å². The van der Waals surface area contributed by atoms with E-state index < -0.39 is 29.7 Å². The van der Waals surface area contributed by atoms with Crippen LogP contribution in [0.2, 0.25) is 0 Å². The predicted octanol–water partition coefficient (Wildman–Crippen LogP) is 5.23. The molecule has 37 heavy (non-hydrogen) atoms. The molecule has 0 bridgehead atoms. The van der Waals surface area contributed by atoms with Gasteiger partial charge in [-0.3, -0.25) is 14.4 Å². The molecule has 1 aliphatic rings. The molecule has 1 aromatic heterocycles. The summed E-state index contributed by atoms with van der Waals surface area (Å²) in [5, 5.41) is 12.3. The molecule has 1 saturated carbocycles. The van der Waals surface area contributed by atoms with Crippen molar-refractivity contribution in [2.75, 3.05) is 11.9 Å². The first-order valence-electron chi connectivity index (χ1n) is 12.3. The largest absolute Gasteiger partial charge is 0.483 e. The van der Waals surface area contributed by atoms with Gasteiger partial charge >= 0.3 is 0 Å². The molecule has 0 atom stereocenters. The smallest absolute Gasteiger partial charge is 0.268 e. The molecular weight excluding hydrogens is 473 g/mol. The molecule has 0 unspecified atom stereocenters. The number of rotatable bonds is 7. The van der Waals surface area contributed by atoms with E-state index in [1.807, 2.05) is 32.0 Å². The molecule has 3 aromatic rings. The monoisotopic (exact) mass is 501 g/mol. The summed E-state index contributed by atoms with van der Waals surface area (Å²) in [7, 11) is 0. The van der Waals surface area contributed by atoms with Crippen LogP contribution in [0, 0.1) is 31.0 Å². The number of hydrogen-bond acceptors (Lipinski definition) is 5. The number of aryl methyl sites for hydroxylation is 2. The van der Waals surface area contributed by atoms with E-state index in [1.54, 1.807) is 6.07 Å². The number of nitrogens with one attached hydrogen (secondary N) is 1. The molecule has 1 heterocycles. The van der Waals surface area contributed by atoms with Crippen LogP contribution in [0.15, 0.2) is 53.5 Å². The molecule has 2 aromatic carbocycles. The van der Waals surface area contributed by atoms with Crippen LogP contribution in [0.5, 0.6) is 5.75 Å². The van der Waals surface area contributed by atoms with Crippen LogP contribution in [0.3, 0.4) is 0 Å². The molecule has 1 aliphatic carbocycles. The summed E-state index contributed by atoms with van der Waals surface area (Å²) in [5.74, 6) is -1.68. The summed E-state index contributed by atoms with van der Waals surface area (Å²) < 4.78 is 21.2. The van der Waals surface area contributed by atoms with E-state index in [4.69, 9.17) is 4.74 Å². The Morgan fingerprint density at radius 1 is 1.08 bits per heavy atom. The molecule has 1 N–H and O–H groups in total. The van der Waals surface area contributed by atoms with E-state index in [2.05, 4.69) is 5.32 Å². The SMILES string of the molecule is Cc1ccc(NC(=O)COc2ccc(F)cc2C(=O)c2cc(C#N)c(=O)n(C3CCCCC3)c2)cc1C. The van der Waals surface area contributed by atoms with E-state index in [-0.39, 0.29) is 28.5 Å². The summed E-state index contributed by atoms with van der Waals surface area (Å²) >= 11 is 0. The van der Waals surface area contributed by atoms with Crippen LogP contribution < -0.4 is 15.6 Å². The first-order chi connectivity index (χ1) is 17.8. The van der Waals surface area contributed by atoms with E-state index in [0.29, 0.717) is 5.69 Å². The number of anilines is 1. The lowest BCUT2D eigenvalue weighted by Crippen LogP contribution is -2.29. The number of ketones is 1. The minimum atomic E-state index is -0.656. The van der Waals surface area contributed by atoms with Crippen molar-refractivity contribution in [1.82, 2.24) is 4.57 Å². The van der Waals surface area contributed by atoms with Crippen molar-refractivity contribution in [3.05, 3.63) is 92.6 Å². The Kier molecular flexibility index (Phi) is 7.83. The maximum Gasteiger partial charge on any atom is 0.268 e. The van der Waals surface area contributed by atoms with Crippen LogP contribution in [-0.4, -0.2) is 22.9 Å². The first kappa shape index (κ1) is 25.8. The average molecular weight is 502 g/mol. The third kappa shape index (κ3) is 5.95. The minimum Gasteiger partial charge on any atom is -0.483 e. The fourth-order valence-corrected chi connectivity index (χ4v) is 4.56. The second-order valence-corrected chi connectivity index (χ2v) is 9.36. The zero-order chi connectivity index (χ0) is 26.5. The van der Waals surface area contributed by atoms with Crippen LogP contribution in [-0.2, 0) is 4.79 Å². The van der Waals surface area contributed by atoms with Crippen LogP contribution in [0.25, 0.3) is 0 Å². The second-order valence-electron chi connectivity index (χ2n) is 9.36. The van der Waals surface area contributed by atoms with E-state index in [0.717, 1.165) is 55.4 Å². The van der Waals surface area contributed by atoms with Crippen molar-refractivity contribution in [2.24, 2.45) is 0 Å². The summed E-state index contributed by atoms with van der Waals surface area (Å²) in [6, 6.07) is 12.0. The van der Waals surface area contributed by atoms with Crippen LogP contribution in [0.1, 0.15) is 70.8 Å². The molecule has 4 rings (SSSR count). The fraction of sp³-hybridized carbons (Fsp3) is 0.310. The number of amides is 1. The van der Waals surface area contributed by atoms with Crippen molar-refractivity contribution >= 4 is 17.4 Å².